The molecule has 6 aliphatic heterocycles. The van der Waals surface area contributed by atoms with Gasteiger partial charge in [-0.3, -0.25) is 38.4 Å². The summed E-state index contributed by atoms with van der Waals surface area (Å²) in [4.78, 5) is 149. The number of carbonyl (C=O) groups excluding carboxylic acids is 9. The van der Waals surface area contributed by atoms with Crippen LogP contribution in [0.1, 0.15) is 114 Å². The molecule has 8 heterocycles. The Morgan fingerprint density at radius 3 is 1.30 bits per heavy atom. The van der Waals surface area contributed by atoms with E-state index in [1.54, 1.807) is 130 Å². The molecule has 12 atom stereocenters. The number of benzene rings is 6. The maximum atomic E-state index is 15.6. The van der Waals surface area contributed by atoms with Crippen molar-refractivity contribution in [1.29, 1.82) is 0 Å². The normalized spacial score (nSPS) is 21.5. The van der Waals surface area contributed by atoms with Crippen molar-refractivity contribution in [1.82, 2.24) is 82.3 Å². The van der Waals surface area contributed by atoms with Gasteiger partial charge in [0.05, 0.1) is 43.7 Å². The SMILES string of the molecule is CN[C@@H](C)C(=O)N[C@H](C(=O)N1CC[C@@H]2[C@H]1C(=O)N[C@@H](Cc1ccc3ccccc3c1)C(=O)N[C@H](C(=O)O)Cc1ccc(cc1)OCc1cn(nn1)[C@@H]1CCN(C(=O)[C@@H](NC(=O)[C@H](C)NC)C(C)(C)C)[C@@H]1C(=O)N[C@@H](Cc1ccc3ccccc3c1)C(=O)N[C@H](C(=O)OC)Cc1ccc(cc1)OCc1cn2nn1)C(C)(C)C. The van der Waals surface area contributed by atoms with Crippen LogP contribution in [-0.4, -0.2) is 199 Å². The molecule has 111 heavy (non-hydrogen) atoms. The van der Waals surface area contributed by atoms with E-state index >= 15 is 28.8 Å². The molecule has 0 radical (unpaired) electrons. The zero-order valence-electron chi connectivity index (χ0n) is 64.2. The van der Waals surface area contributed by atoms with Crippen molar-refractivity contribution in [2.24, 2.45) is 10.8 Å². The lowest BCUT2D eigenvalue weighted by Crippen LogP contribution is -2.61. The molecule has 6 aromatic carbocycles. The van der Waals surface area contributed by atoms with Crippen molar-refractivity contribution in [2.75, 3.05) is 34.3 Å². The third-order valence-corrected chi connectivity index (χ3v) is 20.8. The molecule has 2 aromatic heterocycles. The van der Waals surface area contributed by atoms with Crippen LogP contribution in [0, 0.1) is 10.8 Å². The van der Waals surface area contributed by atoms with E-state index in [1.165, 1.54) is 26.3 Å². The number of likely N-dealkylation sites (tertiary alicyclic amines) is 2. The quantitative estimate of drug-likeness (QED) is 0.0682. The second-order valence-corrected chi connectivity index (χ2v) is 30.8. The Balaban J connectivity index is 0.947. The number of carboxylic acid groups (broad SMARTS) is 1. The first-order chi connectivity index (χ1) is 53.0. The van der Waals surface area contributed by atoms with Gasteiger partial charge in [0.15, 0.2) is 0 Å². The number of nitrogens with one attached hydrogen (secondary N) is 8. The number of carboxylic acids is 1. The zero-order valence-corrected chi connectivity index (χ0v) is 64.2. The molecular weight excluding hydrogens is 1420 g/mol. The van der Waals surface area contributed by atoms with Gasteiger partial charge in [0, 0.05) is 38.8 Å². The number of nitrogens with zero attached hydrogens (tertiary/aromatic N) is 8. The van der Waals surface area contributed by atoms with Gasteiger partial charge in [0.25, 0.3) is 0 Å². The maximum absolute atomic E-state index is 15.6. The zero-order chi connectivity index (χ0) is 79.6. The Kier molecular flexibility index (Phi) is 25.3. The second kappa shape index (κ2) is 34.9. The average molecular weight is 1520 g/mol. The summed E-state index contributed by atoms with van der Waals surface area (Å²) in [6.45, 7) is 13.8. The van der Waals surface area contributed by atoms with Crippen LogP contribution in [-0.2, 0) is 91.6 Å². The standard InChI is InChI=1S/C81H98N16O14/c1-46(82-9)70(98)88-68(80(3,4)5)76(104)94-34-32-64-66(94)74(102)84-60(40-50-20-26-52-16-12-14-18-54(52)36-50)72(100)86-62(78(106)107)38-48-22-28-58(29-23-48)110-44-56-42-97(93-90-56)65-33-35-95(77(105)69(81(6,7)8)89-71(99)47(2)83-10)67(65)75(103)85-61(41-51-21-27-53-17-13-15-19-55(53)37-51)73(101)87-63(79(108)109-11)39-49-24-30-59(31-25-49)111-45-57-43-96(64)92-91-57/h12-31,36-37,42-43,46-47,60-69,82-83H,32-35,38-41,44-45H2,1-11H3,(H,84,102)(H,85,103)(H,86,100)(H,87,101)(H,88,98)(H,89,99)(H,106,107)/t46-,47-,60-,61-,62-,63-,64+,65+,66-,67-,68+,69+/m0/s1. The Bertz CT molecular complexity index is 4730. The first-order valence-electron chi connectivity index (χ1n) is 37.3. The van der Waals surface area contributed by atoms with E-state index in [9.17, 15) is 24.3 Å². The van der Waals surface area contributed by atoms with Crippen molar-refractivity contribution in [3.63, 3.8) is 0 Å². The molecule has 0 spiro atoms. The first-order valence-corrected chi connectivity index (χ1v) is 37.3. The van der Waals surface area contributed by atoms with Gasteiger partial charge in [-0.1, -0.05) is 161 Å². The monoisotopic (exact) mass is 1520 g/mol. The van der Waals surface area contributed by atoms with Crippen molar-refractivity contribution < 1.29 is 67.3 Å². The third-order valence-electron chi connectivity index (χ3n) is 20.8. The number of carbonyl (C=O) groups is 10. The van der Waals surface area contributed by atoms with Gasteiger partial charge < -0.3 is 71.7 Å². The Morgan fingerprint density at radius 2 is 0.919 bits per heavy atom. The number of hydrogen-bond acceptors (Lipinski definition) is 19. The molecule has 0 unspecified atom stereocenters. The molecule has 30 heteroatoms. The van der Waals surface area contributed by atoms with Gasteiger partial charge in [0.2, 0.25) is 47.3 Å². The Hall–Kier alpha value is -11.7. The molecule has 8 bridgehead atoms. The molecule has 8 aromatic rings. The summed E-state index contributed by atoms with van der Waals surface area (Å²) in [6.07, 6.45) is 2.99. The highest BCUT2D eigenvalue weighted by Gasteiger charge is 2.51. The minimum atomic E-state index is -1.53. The predicted molar refractivity (Wildman–Crippen MR) is 410 cm³/mol. The summed E-state index contributed by atoms with van der Waals surface area (Å²) in [5, 5.41) is 55.3. The van der Waals surface area contributed by atoms with Gasteiger partial charge in [-0.25, -0.2) is 19.0 Å². The molecular formula is C81H98N16O14. The number of aromatic nitrogens is 6. The van der Waals surface area contributed by atoms with E-state index in [4.69, 9.17) is 14.2 Å². The predicted octanol–water partition coefficient (Wildman–Crippen LogP) is 4.38. The fourth-order valence-electron chi connectivity index (χ4n) is 14.2. The van der Waals surface area contributed by atoms with E-state index < -0.39 is 143 Å². The molecule has 8 amide bonds. The highest BCUT2D eigenvalue weighted by Crippen LogP contribution is 2.35. The number of fused-ring (bicyclic) bond motifs is 2. The summed E-state index contributed by atoms with van der Waals surface area (Å²) in [6, 6.07) is 25.8. The first kappa shape index (κ1) is 80.4. The number of likely N-dealkylation sites (N-methyl/N-ethyl adjacent to an activating group) is 2. The van der Waals surface area contributed by atoms with E-state index in [-0.39, 0.29) is 64.8 Å². The summed E-state index contributed by atoms with van der Waals surface area (Å²) in [7, 11) is 4.43. The minimum absolute atomic E-state index is 0.00320. The molecule has 6 aliphatic rings. The number of rotatable bonds is 14. The topological polar surface area (TPSA) is 383 Å². The molecule has 2 fully saturated rings. The number of esters is 1. The highest BCUT2D eigenvalue weighted by atomic mass is 16.5. The lowest BCUT2D eigenvalue weighted by atomic mass is 9.85. The fourth-order valence-corrected chi connectivity index (χ4v) is 14.2. The number of hydrogen-bond donors (Lipinski definition) is 9. The van der Waals surface area contributed by atoms with Crippen LogP contribution in [0.25, 0.3) is 21.5 Å². The Morgan fingerprint density at radius 1 is 0.532 bits per heavy atom. The van der Waals surface area contributed by atoms with Crippen LogP contribution in [0.5, 0.6) is 11.5 Å². The molecule has 0 aliphatic carbocycles. The van der Waals surface area contributed by atoms with Crippen molar-refractivity contribution in [2.45, 2.75) is 180 Å². The number of ether oxygens (including phenoxy) is 3. The Labute approximate surface area is 643 Å². The summed E-state index contributed by atoms with van der Waals surface area (Å²) in [5.74, 6) is -6.60. The van der Waals surface area contributed by atoms with Crippen LogP contribution in [0.15, 0.2) is 146 Å². The van der Waals surface area contributed by atoms with Crippen molar-refractivity contribution in [3.8, 4) is 11.5 Å². The average Bonchev–Trinajstić information content (AvgIpc) is 1.64. The highest BCUT2D eigenvalue weighted by molar-refractivity contribution is 5.99. The molecule has 0 saturated carbocycles. The van der Waals surface area contributed by atoms with Gasteiger partial charge in [-0.15, -0.1) is 10.2 Å². The summed E-state index contributed by atoms with van der Waals surface area (Å²) < 4.78 is 20.7. The van der Waals surface area contributed by atoms with Crippen LogP contribution in [0.3, 0.4) is 0 Å². The third kappa shape index (κ3) is 19.5. The van der Waals surface area contributed by atoms with Gasteiger partial charge >= 0.3 is 11.9 Å². The number of amides is 8. The van der Waals surface area contributed by atoms with E-state index in [1.807, 2.05) is 84.9 Å². The maximum Gasteiger partial charge on any atom is 0.328 e. The van der Waals surface area contributed by atoms with Gasteiger partial charge in [-0.05, 0) is 120 Å². The van der Waals surface area contributed by atoms with Crippen LogP contribution >= 0.6 is 0 Å². The summed E-state index contributed by atoms with van der Waals surface area (Å²) in [5.41, 5.74) is 1.20. The van der Waals surface area contributed by atoms with Gasteiger partial charge in [-0.2, -0.15) is 0 Å². The number of methoxy groups -OCH3 is 1. The van der Waals surface area contributed by atoms with E-state index in [2.05, 4.69) is 63.2 Å². The lowest BCUT2D eigenvalue weighted by Gasteiger charge is -2.37. The molecule has 2 saturated heterocycles. The van der Waals surface area contributed by atoms with Gasteiger partial charge in [0.1, 0.15) is 84.4 Å². The number of aliphatic carboxylic acids is 1. The van der Waals surface area contributed by atoms with Crippen molar-refractivity contribution in [3.05, 3.63) is 179 Å². The molecule has 30 nitrogen and oxygen atoms in total. The fraction of sp³-hybridized carbons (Fsp3) is 0.432. The lowest BCUT2D eigenvalue weighted by molar-refractivity contribution is -0.146. The molecule has 14 rings (SSSR count). The summed E-state index contributed by atoms with van der Waals surface area (Å²) >= 11 is 0. The van der Waals surface area contributed by atoms with E-state index in [0.29, 0.717) is 45.1 Å². The van der Waals surface area contributed by atoms with E-state index in [0.717, 1.165) is 21.5 Å². The smallest absolute Gasteiger partial charge is 0.328 e. The van der Waals surface area contributed by atoms with Crippen molar-refractivity contribution >= 4 is 80.7 Å². The van der Waals surface area contributed by atoms with Crippen LogP contribution in [0.4, 0.5) is 0 Å². The van der Waals surface area contributed by atoms with Crippen LogP contribution < -0.4 is 52.0 Å². The largest absolute Gasteiger partial charge is 0.487 e. The molecule has 586 valence electrons. The second-order valence-electron chi connectivity index (χ2n) is 30.8. The minimum Gasteiger partial charge on any atom is -0.487 e. The molecule has 9 N–H and O–H groups in total. The van der Waals surface area contributed by atoms with Crippen LogP contribution in [0.2, 0.25) is 0 Å².